The summed E-state index contributed by atoms with van der Waals surface area (Å²) in [5, 5.41) is 0. The van der Waals surface area contributed by atoms with Gasteiger partial charge in [-0.15, -0.1) is 0 Å². The van der Waals surface area contributed by atoms with Gasteiger partial charge in [0, 0.05) is 19.3 Å². The van der Waals surface area contributed by atoms with Crippen LogP contribution in [0, 0.1) is 0 Å². The van der Waals surface area contributed by atoms with Crippen molar-refractivity contribution in [3.05, 3.63) is 85.1 Å². The van der Waals surface area contributed by atoms with Gasteiger partial charge >= 0.3 is 17.9 Å². The maximum Gasteiger partial charge on any atom is 0.306 e. The summed E-state index contributed by atoms with van der Waals surface area (Å²) in [5.74, 6) is -0.917. The molecule has 0 rings (SSSR count). The van der Waals surface area contributed by atoms with Gasteiger partial charge in [-0.05, 0) is 96.3 Å². The molecule has 6 heteroatoms. The first-order chi connectivity index (χ1) is 31.0. The molecule has 1 atom stereocenters. The van der Waals surface area contributed by atoms with E-state index < -0.39 is 6.10 Å². The molecule has 0 aliphatic rings. The molecule has 0 saturated heterocycles. The molecule has 1 unspecified atom stereocenters. The van der Waals surface area contributed by atoms with Crippen molar-refractivity contribution in [1.29, 1.82) is 0 Å². The maximum atomic E-state index is 12.7. The number of ether oxygens (including phenoxy) is 3. The molecule has 0 radical (unpaired) electrons. The first-order valence-corrected chi connectivity index (χ1v) is 26.1. The van der Waals surface area contributed by atoms with Gasteiger partial charge in [0.15, 0.2) is 6.10 Å². The molecule has 63 heavy (non-hydrogen) atoms. The smallest absolute Gasteiger partial charge is 0.306 e. The molecule has 0 spiro atoms. The average Bonchev–Trinajstić information content (AvgIpc) is 3.28. The fourth-order valence-corrected chi connectivity index (χ4v) is 6.97. The summed E-state index contributed by atoms with van der Waals surface area (Å²) < 4.78 is 16.7. The minimum absolute atomic E-state index is 0.0843. The predicted molar refractivity (Wildman–Crippen MR) is 270 cm³/mol. The highest BCUT2D eigenvalue weighted by atomic mass is 16.6. The van der Waals surface area contributed by atoms with Gasteiger partial charge in [0.25, 0.3) is 0 Å². The molecule has 360 valence electrons. The highest BCUT2D eigenvalue weighted by Crippen LogP contribution is 2.14. The molecule has 0 aromatic carbocycles. The minimum atomic E-state index is -0.783. The average molecular weight is 877 g/mol. The lowest BCUT2D eigenvalue weighted by atomic mass is 10.1. The van der Waals surface area contributed by atoms with Crippen LogP contribution in [0.4, 0.5) is 0 Å². The van der Waals surface area contributed by atoms with Crippen LogP contribution in [0.1, 0.15) is 239 Å². The fraction of sp³-hybridized carbons (Fsp3) is 0.702. The molecule has 0 heterocycles. The van der Waals surface area contributed by atoms with E-state index in [1.807, 2.05) is 0 Å². The Balaban J connectivity index is 4.24. The Labute approximate surface area is 388 Å². The molecule has 0 aliphatic heterocycles. The van der Waals surface area contributed by atoms with E-state index in [0.717, 1.165) is 122 Å². The lowest BCUT2D eigenvalue weighted by Gasteiger charge is -2.18. The van der Waals surface area contributed by atoms with Crippen molar-refractivity contribution in [1.82, 2.24) is 0 Å². The second-order valence-corrected chi connectivity index (χ2v) is 17.1. The van der Waals surface area contributed by atoms with Gasteiger partial charge in [0.1, 0.15) is 13.2 Å². The molecule has 0 fully saturated rings. The number of rotatable bonds is 46. The molecule has 0 aliphatic carbocycles. The highest BCUT2D eigenvalue weighted by molar-refractivity contribution is 5.71. The third kappa shape index (κ3) is 49.5. The highest BCUT2D eigenvalue weighted by Gasteiger charge is 2.19. The van der Waals surface area contributed by atoms with Crippen molar-refractivity contribution in [2.75, 3.05) is 13.2 Å². The van der Waals surface area contributed by atoms with Crippen molar-refractivity contribution in [2.24, 2.45) is 0 Å². The van der Waals surface area contributed by atoms with E-state index in [-0.39, 0.29) is 31.1 Å². The second-order valence-electron chi connectivity index (χ2n) is 17.1. The largest absolute Gasteiger partial charge is 0.462 e. The summed E-state index contributed by atoms with van der Waals surface area (Å²) in [6.07, 6.45) is 65.8. The van der Waals surface area contributed by atoms with E-state index in [2.05, 4.69) is 106 Å². The standard InChI is InChI=1S/C57H96O6/c1-4-7-10-13-16-18-20-22-23-24-25-26-27-28-29-30-31-32-33-35-36-38-41-44-47-50-56(59)62-53-54(52-61-55(58)49-46-43-40-15-12-9-6-3)63-57(60)51-48-45-42-39-37-34-21-19-17-14-11-8-5-2/h7,10,16,18-19,21-23,25-26,28-29,31-32,54H,4-6,8-9,11-15,17,20,24,27,30,33-53H2,1-3H3/b10-7-,18-16-,21-19-,23-22-,26-25-,29-28-,32-31-. The number of hydrogen-bond donors (Lipinski definition) is 0. The maximum absolute atomic E-state index is 12.7. The molecule has 0 saturated carbocycles. The first-order valence-electron chi connectivity index (χ1n) is 26.1. The molecule has 0 bridgehead atoms. The third-order valence-electron chi connectivity index (χ3n) is 10.9. The lowest BCUT2D eigenvalue weighted by molar-refractivity contribution is -0.167. The van der Waals surface area contributed by atoms with Crippen LogP contribution in [0.25, 0.3) is 0 Å². The molecule has 0 aromatic rings. The van der Waals surface area contributed by atoms with E-state index in [1.54, 1.807) is 0 Å². The molecular formula is C57H96O6. The van der Waals surface area contributed by atoms with Crippen LogP contribution >= 0.6 is 0 Å². The van der Waals surface area contributed by atoms with Crippen molar-refractivity contribution < 1.29 is 28.6 Å². The topological polar surface area (TPSA) is 78.9 Å². The summed E-state index contributed by atoms with van der Waals surface area (Å²) in [6.45, 7) is 6.44. The Hall–Kier alpha value is -3.41. The summed E-state index contributed by atoms with van der Waals surface area (Å²) in [6, 6.07) is 0. The SMILES string of the molecule is CC/C=C\C/C=C\C/C=C\C/C=C\C/C=C\C/C=C\CCCCCCCCC(=O)OCC(COC(=O)CCCCCCCCC)OC(=O)CCCCCCC/C=C\CCCCCC. The van der Waals surface area contributed by atoms with Gasteiger partial charge in [-0.25, -0.2) is 0 Å². The van der Waals surface area contributed by atoms with Crippen LogP contribution in [-0.2, 0) is 28.6 Å². The van der Waals surface area contributed by atoms with E-state index in [1.165, 1.54) is 77.0 Å². The number of hydrogen-bond acceptors (Lipinski definition) is 6. The van der Waals surface area contributed by atoms with Crippen molar-refractivity contribution >= 4 is 17.9 Å². The fourth-order valence-electron chi connectivity index (χ4n) is 6.97. The van der Waals surface area contributed by atoms with E-state index in [9.17, 15) is 14.4 Å². The van der Waals surface area contributed by atoms with Crippen LogP contribution in [-0.4, -0.2) is 37.2 Å². The van der Waals surface area contributed by atoms with Crippen LogP contribution in [0.15, 0.2) is 85.1 Å². The molecule has 0 amide bonds. The summed E-state index contributed by atoms with van der Waals surface area (Å²) in [5.41, 5.74) is 0. The predicted octanol–water partition coefficient (Wildman–Crippen LogP) is 17.2. The Bertz CT molecular complexity index is 1240. The van der Waals surface area contributed by atoms with Crippen LogP contribution in [0.5, 0.6) is 0 Å². The number of allylic oxidation sites excluding steroid dienone is 14. The Morgan fingerprint density at radius 1 is 0.333 bits per heavy atom. The molecule has 6 nitrogen and oxygen atoms in total. The Morgan fingerprint density at radius 2 is 0.619 bits per heavy atom. The number of carbonyl (C=O) groups excluding carboxylic acids is 3. The lowest BCUT2D eigenvalue weighted by Crippen LogP contribution is -2.30. The first kappa shape index (κ1) is 59.6. The number of carbonyl (C=O) groups is 3. The summed E-state index contributed by atoms with van der Waals surface area (Å²) in [4.78, 5) is 37.8. The van der Waals surface area contributed by atoms with Gasteiger partial charge in [-0.2, -0.15) is 0 Å². The van der Waals surface area contributed by atoms with E-state index in [4.69, 9.17) is 14.2 Å². The third-order valence-corrected chi connectivity index (χ3v) is 10.9. The number of esters is 3. The quantitative estimate of drug-likeness (QED) is 0.0262. The minimum Gasteiger partial charge on any atom is -0.462 e. The van der Waals surface area contributed by atoms with Crippen LogP contribution in [0.3, 0.4) is 0 Å². The van der Waals surface area contributed by atoms with E-state index >= 15 is 0 Å². The Kier molecular flexibility index (Phi) is 48.5. The van der Waals surface area contributed by atoms with Gasteiger partial charge in [0.2, 0.25) is 0 Å². The summed E-state index contributed by atoms with van der Waals surface area (Å²) >= 11 is 0. The zero-order valence-corrected chi connectivity index (χ0v) is 41.1. The van der Waals surface area contributed by atoms with E-state index in [0.29, 0.717) is 19.3 Å². The summed E-state index contributed by atoms with van der Waals surface area (Å²) in [7, 11) is 0. The molecule has 0 N–H and O–H groups in total. The zero-order valence-electron chi connectivity index (χ0n) is 41.1. The second kappa shape index (κ2) is 51.2. The van der Waals surface area contributed by atoms with Crippen molar-refractivity contribution in [2.45, 2.75) is 245 Å². The molecular weight excluding hydrogens is 781 g/mol. The van der Waals surface area contributed by atoms with Crippen molar-refractivity contribution in [3.8, 4) is 0 Å². The monoisotopic (exact) mass is 877 g/mol. The van der Waals surface area contributed by atoms with Gasteiger partial charge in [-0.1, -0.05) is 209 Å². The van der Waals surface area contributed by atoms with Gasteiger partial charge in [-0.3, -0.25) is 14.4 Å². The normalized spacial score (nSPS) is 12.7. The Morgan fingerprint density at radius 3 is 1.00 bits per heavy atom. The van der Waals surface area contributed by atoms with Crippen molar-refractivity contribution in [3.63, 3.8) is 0 Å². The van der Waals surface area contributed by atoms with Gasteiger partial charge < -0.3 is 14.2 Å². The van der Waals surface area contributed by atoms with Gasteiger partial charge in [0.05, 0.1) is 0 Å². The number of unbranched alkanes of at least 4 members (excludes halogenated alkanes) is 21. The van der Waals surface area contributed by atoms with Crippen LogP contribution < -0.4 is 0 Å². The molecule has 0 aromatic heterocycles. The zero-order chi connectivity index (χ0) is 45.8. The van der Waals surface area contributed by atoms with Crippen LogP contribution in [0.2, 0.25) is 0 Å².